The quantitative estimate of drug-likeness (QED) is 0.156. The van der Waals surface area contributed by atoms with E-state index in [1.165, 1.54) is 150 Å². The highest BCUT2D eigenvalue weighted by Gasteiger charge is 2.45. The summed E-state index contributed by atoms with van der Waals surface area (Å²) in [4.78, 5) is 0. The summed E-state index contributed by atoms with van der Waals surface area (Å²) in [5.74, 6) is 0. The molecule has 0 aliphatic heterocycles. The third-order valence-corrected chi connectivity index (χ3v) is 22.7. The predicted molar refractivity (Wildman–Crippen MR) is 363 cm³/mol. The lowest BCUT2D eigenvalue weighted by Crippen LogP contribution is -2.42. The summed E-state index contributed by atoms with van der Waals surface area (Å²) in [6.45, 7) is 8.49. The summed E-state index contributed by atoms with van der Waals surface area (Å²) in [5, 5.41) is 0. The maximum absolute atomic E-state index is 9.05. The van der Waals surface area contributed by atoms with Gasteiger partial charge in [0, 0.05) is 105 Å². The van der Waals surface area contributed by atoms with Crippen LogP contribution in [0.25, 0.3) is 45.0 Å². The van der Waals surface area contributed by atoms with Gasteiger partial charge in [0.1, 0.15) is 28.2 Å². The summed E-state index contributed by atoms with van der Waals surface area (Å²) < 4.78 is 79.7. The second-order valence-corrected chi connectivity index (χ2v) is 28.6. The Kier molecular flexibility index (Phi) is 14.8. The van der Waals surface area contributed by atoms with Crippen LogP contribution in [0.1, 0.15) is 207 Å². The fourth-order valence-electron chi connectivity index (χ4n) is 17.5. The van der Waals surface area contributed by atoms with Gasteiger partial charge in [0.05, 0.1) is 0 Å². The van der Waals surface area contributed by atoms with E-state index in [4.69, 9.17) is 11.0 Å². The molecule has 88 heavy (non-hydrogen) atoms. The SMILES string of the molecule is [2H]C1([2H])CC2(CCCC2)Cc2ccc(-c3ccccc3C)[n+](C)c21.[2H]C1([2H])CC2(CCCCC2)Cc2ccc(-c3ccccc3C)[n+](C)c21.[2H]C1([2H])c2c(ccc(-c3ccccc3C)[n+]2C)CC12CCCC2.[2H]C1([2H])c2c(ccc(-c3ccccc3C)[n+]2C)CCC12CCCC2. The van der Waals surface area contributed by atoms with Gasteiger partial charge in [-0.1, -0.05) is 131 Å². The zero-order valence-electron chi connectivity index (χ0n) is 62.6. The first-order valence-electron chi connectivity index (χ1n) is 38.1. The van der Waals surface area contributed by atoms with Crippen LogP contribution in [0.15, 0.2) is 146 Å². The molecular formula is C84H104N4+4. The Morgan fingerprint density at radius 2 is 0.568 bits per heavy atom. The minimum atomic E-state index is -1.25. The first kappa shape index (κ1) is 51.2. The average molecular weight is 1180 g/mol. The van der Waals surface area contributed by atoms with E-state index in [1.54, 1.807) is 0 Å². The molecule has 8 aliphatic carbocycles. The van der Waals surface area contributed by atoms with E-state index in [-0.39, 0.29) is 21.7 Å². The van der Waals surface area contributed by atoms with Gasteiger partial charge in [-0.2, -0.15) is 18.3 Å². The fraction of sp³-hybridized carbons (Fsp3) is 0.476. The molecule has 0 bridgehead atoms. The average Bonchev–Trinajstić information content (AvgIpc) is 1.35. The lowest BCUT2D eigenvalue weighted by molar-refractivity contribution is -0.669. The van der Waals surface area contributed by atoms with E-state index in [0.717, 1.165) is 103 Å². The molecule has 0 unspecified atom stereocenters. The van der Waals surface area contributed by atoms with E-state index in [2.05, 4.69) is 192 Å². The van der Waals surface area contributed by atoms with Gasteiger partial charge in [0.15, 0.2) is 22.8 Å². The summed E-state index contributed by atoms with van der Waals surface area (Å²) in [7, 11) is 8.15. The lowest BCUT2D eigenvalue weighted by atomic mass is 9.64. The van der Waals surface area contributed by atoms with Crippen LogP contribution in [0.3, 0.4) is 0 Å². The molecule has 4 aromatic carbocycles. The molecule has 8 aliphatic rings. The number of benzene rings is 4. The van der Waals surface area contributed by atoms with Crippen molar-refractivity contribution in [2.24, 2.45) is 49.9 Å². The monoisotopic (exact) mass is 1180 g/mol. The Bertz CT molecular complexity index is 4230. The summed E-state index contributed by atoms with van der Waals surface area (Å²) in [6.07, 6.45) is 21.3. The number of aromatic nitrogens is 4. The molecule has 456 valence electrons. The lowest BCUT2D eigenvalue weighted by Gasteiger charge is -2.40. The van der Waals surface area contributed by atoms with Gasteiger partial charge >= 0.3 is 0 Å². The highest BCUT2D eigenvalue weighted by molar-refractivity contribution is 5.64. The molecule has 4 nitrogen and oxygen atoms in total. The van der Waals surface area contributed by atoms with Crippen molar-refractivity contribution >= 4 is 0 Å². The van der Waals surface area contributed by atoms with Gasteiger partial charge in [0.2, 0.25) is 22.8 Å². The summed E-state index contributed by atoms with van der Waals surface area (Å²) in [6, 6.07) is 51.0. The zero-order valence-corrected chi connectivity index (χ0v) is 54.6. The highest BCUT2D eigenvalue weighted by atomic mass is 15.0. The van der Waals surface area contributed by atoms with Crippen molar-refractivity contribution in [3.05, 3.63) is 213 Å². The van der Waals surface area contributed by atoms with Crippen LogP contribution in [-0.4, -0.2) is 0 Å². The summed E-state index contributed by atoms with van der Waals surface area (Å²) >= 11 is 0. The Balaban J connectivity index is 0.000000116. The molecule has 0 atom stereocenters. The molecule has 0 N–H and O–H groups in total. The molecule has 4 spiro atoms. The topological polar surface area (TPSA) is 15.5 Å². The third kappa shape index (κ3) is 12.1. The molecule has 4 saturated carbocycles. The van der Waals surface area contributed by atoms with Gasteiger partial charge in [0.25, 0.3) is 0 Å². The molecule has 4 fully saturated rings. The highest BCUT2D eigenvalue weighted by Crippen LogP contribution is 2.51. The maximum atomic E-state index is 9.05. The van der Waals surface area contributed by atoms with Crippen molar-refractivity contribution in [2.75, 3.05) is 0 Å². The van der Waals surface area contributed by atoms with Gasteiger partial charge in [-0.3, -0.25) is 0 Å². The van der Waals surface area contributed by atoms with Crippen LogP contribution in [0.5, 0.6) is 0 Å². The Morgan fingerprint density at radius 1 is 0.284 bits per heavy atom. The van der Waals surface area contributed by atoms with Crippen molar-refractivity contribution in [3.63, 3.8) is 0 Å². The molecule has 0 radical (unpaired) electrons. The minimum Gasteiger partial charge on any atom is -0.198 e. The number of nitrogens with zero attached hydrogens (tertiary/aromatic N) is 4. The van der Waals surface area contributed by atoms with Crippen molar-refractivity contribution in [1.29, 1.82) is 0 Å². The number of rotatable bonds is 4. The number of fused-ring (bicyclic) bond motifs is 4. The van der Waals surface area contributed by atoms with E-state index in [1.807, 2.05) is 28.2 Å². The van der Waals surface area contributed by atoms with E-state index < -0.39 is 25.5 Å². The number of hydrogen-bond acceptors (Lipinski definition) is 0. The zero-order chi connectivity index (χ0) is 67.8. The van der Waals surface area contributed by atoms with Crippen LogP contribution < -0.4 is 18.3 Å². The minimum absolute atomic E-state index is 0.151. The van der Waals surface area contributed by atoms with Crippen LogP contribution >= 0.6 is 0 Å². The van der Waals surface area contributed by atoms with E-state index in [0.29, 0.717) is 12.8 Å². The van der Waals surface area contributed by atoms with Crippen molar-refractivity contribution < 1.29 is 29.2 Å². The standard InChI is InChI=1S/C22H28N.2C21H26N.C20H24N/c1-17-8-4-5-9-19(17)21-11-10-18-16-22(13-6-3-7-14-22)15-12-20(18)23(21)2;1-16-7-3-4-8-18(16)20-10-9-17-15-21(12-5-6-13-21)14-11-19(17)22(20)2;1-16-7-3-4-8-18(16)19-10-9-17-11-14-21(12-5-6-13-21)15-20(17)22(19)2;1-15-7-3-4-8-17(15)18-10-9-16-13-20(11-5-6-12-20)14-19(16)21(18)2/h4-5,8-11H,3,6-7,12-16H2,1-2H3;2*3-4,7-10H,5-6,11-15H2,1-2H3;3-4,7-10H,5-6,11-14H2,1-2H3/q4*+1/i12D2;11D2;15D2;14D2. The second kappa shape index (κ2) is 25.4. The van der Waals surface area contributed by atoms with Gasteiger partial charge < -0.3 is 0 Å². The molecule has 4 heterocycles. The molecule has 4 heteroatoms. The molecular weight excluding hydrogens is 1060 g/mol. The third-order valence-electron chi connectivity index (χ3n) is 22.7. The number of hydrogen-bond donors (Lipinski definition) is 0. The first-order chi connectivity index (χ1) is 45.8. The normalized spacial score (nSPS) is 23.0. The van der Waals surface area contributed by atoms with Crippen LogP contribution in [0.4, 0.5) is 0 Å². The number of aryl methyl sites for hydroxylation is 5. The van der Waals surface area contributed by atoms with Gasteiger partial charge in [-0.05, 0) is 216 Å². The van der Waals surface area contributed by atoms with Gasteiger partial charge in [-0.25, -0.2) is 0 Å². The maximum Gasteiger partial charge on any atom is 0.212 e. The number of pyridine rings is 4. The second-order valence-electron chi connectivity index (χ2n) is 28.6. The van der Waals surface area contributed by atoms with Crippen molar-refractivity contribution in [3.8, 4) is 45.0 Å². The molecule has 0 saturated heterocycles. The van der Waals surface area contributed by atoms with E-state index in [9.17, 15) is 0 Å². The van der Waals surface area contributed by atoms with Crippen LogP contribution in [-0.2, 0) is 79.4 Å². The predicted octanol–water partition coefficient (Wildman–Crippen LogP) is 18.1. The molecule has 16 rings (SSSR count). The van der Waals surface area contributed by atoms with Crippen molar-refractivity contribution in [1.82, 2.24) is 0 Å². The Hall–Kier alpha value is -6.52. The summed E-state index contributed by atoms with van der Waals surface area (Å²) in [5.41, 5.74) is 22.7. The van der Waals surface area contributed by atoms with E-state index >= 15 is 0 Å². The molecule has 8 aromatic rings. The van der Waals surface area contributed by atoms with Gasteiger partial charge in [-0.15, -0.1) is 0 Å². The Labute approximate surface area is 541 Å². The largest absolute Gasteiger partial charge is 0.212 e. The van der Waals surface area contributed by atoms with Crippen LogP contribution in [0, 0.1) is 49.4 Å². The first-order valence-corrected chi connectivity index (χ1v) is 34.1. The van der Waals surface area contributed by atoms with Crippen LogP contribution in [0.2, 0.25) is 0 Å². The fourth-order valence-corrected chi connectivity index (χ4v) is 17.5. The smallest absolute Gasteiger partial charge is 0.198 e. The van der Waals surface area contributed by atoms with Crippen molar-refractivity contribution in [2.45, 2.75) is 207 Å². The molecule has 0 amide bonds. The molecule has 4 aromatic heterocycles. The Morgan fingerprint density at radius 3 is 0.955 bits per heavy atom.